The number of aromatic nitrogens is 2. The molecule has 0 saturated carbocycles. The third-order valence-corrected chi connectivity index (χ3v) is 4.61. The summed E-state index contributed by atoms with van der Waals surface area (Å²) in [7, 11) is -4.29. The number of nitrogens with one attached hydrogen (secondary N) is 3. The van der Waals surface area contributed by atoms with Crippen molar-refractivity contribution in [1.82, 2.24) is 14.7 Å². The van der Waals surface area contributed by atoms with E-state index in [0.29, 0.717) is 18.3 Å². The van der Waals surface area contributed by atoms with E-state index in [1.165, 1.54) is 0 Å². The zero-order chi connectivity index (χ0) is 18.4. The molecule has 136 valence electrons. The molecular formula is C15H19F2N5O2S. The van der Waals surface area contributed by atoms with Crippen LogP contribution in [0.1, 0.15) is 12.6 Å². The van der Waals surface area contributed by atoms with Crippen LogP contribution in [0.2, 0.25) is 0 Å². The number of hydrogen-bond donors (Lipinski definition) is 3. The summed E-state index contributed by atoms with van der Waals surface area (Å²) in [6.07, 6.45) is 0. The van der Waals surface area contributed by atoms with Crippen molar-refractivity contribution in [2.75, 3.05) is 30.3 Å². The summed E-state index contributed by atoms with van der Waals surface area (Å²) >= 11 is 0. The molecule has 0 bridgehead atoms. The minimum atomic E-state index is -4.29. The molecule has 7 nitrogen and oxygen atoms in total. The van der Waals surface area contributed by atoms with Gasteiger partial charge in [0.05, 0.1) is 0 Å². The Balaban J connectivity index is 1.97. The molecule has 0 amide bonds. The molecule has 0 radical (unpaired) electrons. The lowest BCUT2D eigenvalue weighted by Gasteiger charge is -2.11. The monoisotopic (exact) mass is 371 g/mol. The Labute approximate surface area is 144 Å². The average Bonchev–Trinajstić information content (AvgIpc) is 2.51. The van der Waals surface area contributed by atoms with Crippen molar-refractivity contribution in [1.29, 1.82) is 0 Å². The smallest absolute Gasteiger partial charge is 0.246 e. The number of rotatable bonds is 8. The van der Waals surface area contributed by atoms with Crippen molar-refractivity contribution in [3.8, 4) is 0 Å². The molecule has 0 saturated heterocycles. The quantitative estimate of drug-likeness (QED) is 0.613. The van der Waals surface area contributed by atoms with Gasteiger partial charge < -0.3 is 10.6 Å². The largest absolute Gasteiger partial charge is 0.369 e. The van der Waals surface area contributed by atoms with Crippen molar-refractivity contribution < 1.29 is 17.2 Å². The molecule has 0 aliphatic heterocycles. The highest BCUT2D eigenvalue weighted by molar-refractivity contribution is 7.89. The van der Waals surface area contributed by atoms with Gasteiger partial charge in [0.15, 0.2) is 4.90 Å². The maximum absolute atomic E-state index is 13.6. The molecule has 0 aliphatic carbocycles. The minimum Gasteiger partial charge on any atom is -0.369 e. The van der Waals surface area contributed by atoms with Crippen LogP contribution >= 0.6 is 0 Å². The van der Waals surface area contributed by atoms with E-state index in [9.17, 15) is 17.2 Å². The van der Waals surface area contributed by atoms with Gasteiger partial charge in [-0.1, -0.05) is 6.07 Å². The second-order valence-electron chi connectivity index (χ2n) is 5.12. The number of hydrogen-bond acceptors (Lipinski definition) is 6. The number of nitrogens with zero attached hydrogens (tertiary/aromatic N) is 2. The van der Waals surface area contributed by atoms with Crippen LogP contribution in [0.15, 0.2) is 29.2 Å². The molecule has 2 rings (SSSR count). The van der Waals surface area contributed by atoms with E-state index in [4.69, 9.17) is 0 Å². The van der Waals surface area contributed by atoms with Gasteiger partial charge in [0.25, 0.3) is 0 Å². The van der Waals surface area contributed by atoms with Gasteiger partial charge >= 0.3 is 0 Å². The van der Waals surface area contributed by atoms with Crippen LogP contribution in [0.4, 0.5) is 20.5 Å². The molecule has 0 spiro atoms. The Hall–Kier alpha value is -2.33. The fourth-order valence-corrected chi connectivity index (χ4v) is 3.25. The first-order valence-electron chi connectivity index (χ1n) is 7.60. The van der Waals surface area contributed by atoms with E-state index >= 15 is 0 Å². The average molecular weight is 371 g/mol. The van der Waals surface area contributed by atoms with Crippen LogP contribution in [0.5, 0.6) is 0 Å². The van der Waals surface area contributed by atoms with E-state index in [0.717, 1.165) is 23.9 Å². The van der Waals surface area contributed by atoms with Crippen LogP contribution in [0, 0.1) is 18.6 Å². The minimum absolute atomic E-state index is 0.0737. The summed E-state index contributed by atoms with van der Waals surface area (Å²) < 4.78 is 53.4. The van der Waals surface area contributed by atoms with Crippen LogP contribution in [-0.2, 0) is 10.0 Å². The molecule has 10 heteroatoms. The standard InChI is InChI=1S/C15H19F2N5O2S/c1-3-18-15-21-10(2)9-13(22-15)19-7-8-20-25(23,24)14-11(16)5-4-6-12(14)17/h4-6,9,20H,3,7-8H2,1-2H3,(H2,18,19,21,22). The highest BCUT2D eigenvalue weighted by Crippen LogP contribution is 2.17. The molecule has 0 atom stereocenters. The SMILES string of the molecule is CCNc1nc(C)cc(NCCNS(=O)(=O)c2c(F)cccc2F)n1. The number of aryl methyl sites for hydroxylation is 1. The fraction of sp³-hybridized carbons (Fsp3) is 0.333. The summed E-state index contributed by atoms with van der Waals surface area (Å²) in [5.74, 6) is -1.30. The van der Waals surface area contributed by atoms with E-state index in [1.54, 1.807) is 13.0 Å². The summed E-state index contributed by atoms with van der Waals surface area (Å²) in [5, 5.41) is 5.91. The first-order chi connectivity index (χ1) is 11.8. The third kappa shape index (κ3) is 5.07. The van der Waals surface area contributed by atoms with E-state index in [-0.39, 0.29) is 13.1 Å². The van der Waals surface area contributed by atoms with Crippen molar-refractivity contribution in [2.24, 2.45) is 0 Å². The van der Waals surface area contributed by atoms with E-state index in [1.807, 2.05) is 6.92 Å². The number of halogens is 2. The Kier molecular flexibility index (Phi) is 6.21. The predicted molar refractivity (Wildman–Crippen MR) is 91.0 cm³/mol. The second-order valence-corrected chi connectivity index (χ2v) is 6.83. The van der Waals surface area contributed by atoms with Gasteiger partial charge in [-0.05, 0) is 26.0 Å². The zero-order valence-electron chi connectivity index (χ0n) is 13.8. The highest BCUT2D eigenvalue weighted by atomic mass is 32.2. The molecule has 0 unspecified atom stereocenters. The lowest BCUT2D eigenvalue weighted by molar-refractivity contribution is 0.514. The van der Waals surface area contributed by atoms with Crippen molar-refractivity contribution in [2.45, 2.75) is 18.7 Å². The van der Waals surface area contributed by atoms with Crippen LogP contribution in [0.3, 0.4) is 0 Å². The lowest BCUT2D eigenvalue weighted by atomic mass is 10.3. The summed E-state index contributed by atoms with van der Waals surface area (Å²) in [4.78, 5) is 7.42. The first-order valence-corrected chi connectivity index (χ1v) is 9.09. The topological polar surface area (TPSA) is 96.0 Å². The predicted octanol–water partition coefficient (Wildman–Crippen LogP) is 1.89. The Morgan fingerprint density at radius 1 is 1.08 bits per heavy atom. The molecular weight excluding hydrogens is 352 g/mol. The number of anilines is 2. The fourth-order valence-electron chi connectivity index (χ4n) is 2.08. The van der Waals surface area contributed by atoms with Crippen molar-refractivity contribution in [3.63, 3.8) is 0 Å². The maximum Gasteiger partial charge on any atom is 0.246 e. The normalized spacial score (nSPS) is 11.4. The molecule has 0 aliphatic rings. The Bertz CT molecular complexity index is 826. The molecule has 0 fully saturated rings. The van der Waals surface area contributed by atoms with Gasteiger partial charge in [0.2, 0.25) is 16.0 Å². The Morgan fingerprint density at radius 2 is 1.76 bits per heavy atom. The summed E-state index contributed by atoms with van der Waals surface area (Å²) in [6.45, 7) is 4.48. The highest BCUT2D eigenvalue weighted by Gasteiger charge is 2.23. The zero-order valence-corrected chi connectivity index (χ0v) is 14.6. The summed E-state index contributed by atoms with van der Waals surface area (Å²) in [5.41, 5.74) is 0.738. The van der Waals surface area contributed by atoms with Crippen LogP contribution < -0.4 is 15.4 Å². The molecule has 25 heavy (non-hydrogen) atoms. The first kappa shape index (κ1) is 19.0. The number of sulfonamides is 1. The van der Waals surface area contributed by atoms with E-state index in [2.05, 4.69) is 25.3 Å². The van der Waals surface area contributed by atoms with Gasteiger partial charge in [-0.3, -0.25) is 0 Å². The summed E-state index contributed by atoms with van der Waals surface area (Å²) in [6, 6.07) is 4.58. The van der Waals surface area contributed by atoms with Gasteiger partial charge in [-0.25, -0.2) is 26.9 Å². The van der Waals surface area contributed by atoms with Gasteiger partial charge in [-0.15, -0.1) is 0 Å². The van der Waals surface area contributed by atoms with Crippen molar-refractivity contribution in [3.05, 3.63) is 41.6 Å². The van der Waals surface area contributed by atoms with Gasteiger partial charge in [0.1, 0.15) is 17.5 Å². The maximum atomic E-state index is 13.6. The molecule has 3 N–H and O–H groups in total. The van der Waals surface area contributed by atoms with Crippen molar-refractivity contribution >= 4 is 21.8 Å². The third-order valence-electron chi connectivity index (χ3n) is 3.10. The van der Waals surface area contributed by atoms with Crippen LogP contribution in [-0.4, -0.2) is 38.0 Å². The molecule has 1 heterocycles. The number of benzene rings is 1. The molecule has 1 aromatic carbocycles. The van der Waals surface area contributed by atoms with Crippen LogP contribution in [0.25, 0.3) is 0 Å². The van der Waals surface area contributed by atoms with E-state index < -0.39 is 26.6 Å². The second kappa shape index (κ2) is 8.17. The molecule has 1 aromatic heterocycles. The molecule has 2 aromatic rings. The lowest BCUT2D eigenvalue weighted by Crippen LogP contribution is -2.30. The van der Waals surface area contributed by atoms with Gasteiger partial charge in [0, 0.05) is 31.4 Å². The van der Waals surface area contributed by atoms with Gasteiger partial charge in [-0.2, -0.15) is 4.98 Å². The Morgan fingerprint density at radius 3 is 2.40 bits per heavy atom.